The predicted molar refractivity (Wildman–Crippen MR) is 73.0 cm³/mol. The van der Waals surface area contributed by atoms with Crippen LogP contribution in [0, 0.1) is 17.2 Å². The van der Waals surface area contributed by atoms with E-state index in [2.05, 4.69) is 9.72 Å². The number of aromatic nitrogens is 1. The molecule has 0 amide bonds. The van der Waals surface area contributed by atoms with Gasteiger partial charge in [0.15, 0.2) is 0 Å². The maximum atomic E-state index is 12.8. The van der Waals surface area contributed by atoms with Gasteiger partial charge in [-0.25, -0.2) is 4.98 Å². The van der Waals surface area contributed by atoms with Crippen LogP contribution in [0.2, 0.25) is 0 Å². The van der Waals surface area contributed by atoms with Gasteiger partial charge in [0.25, 0.3) is 0 Å². The molecule has 0 aromatic carbocycles. The molecule has 1 atom stereocenters. The first-order valence-corrected chi connectivity index (χ1v) is 6.55. The van der Waals surface area contributed by atoms with Gasteiger partial charge in [0, 0.05) is 13.1 Å². The number of esters is 1. The van der Waals surface area contributed by atoms with Crippen LogP contribution in [0.4, 0.5) is 19.0 Å². The third-order valence-electron chi connectivity index (χ3n) is 3.07. The van der Waals surface area contributed by atoms with E-state index < -0.39 is 23.8 Å². The van der Waals surface area contributed by atoms with Crippen molar-refractivity contribution >= 4 is 11.8 Å². The van der Waals surface area contributed by atoms with Crippen molar-refractivity contribution in [3.8, 4) is 6.07 Å². The van der Waals surface area contributed by atoms with Crippen LogP contribution >= 0.6 is 0 Å². The minimum Gasteiger partial charge on any atom is -0.469 e. The molecule has 22 heavy (non-hydrogen) atoms. The SMILES string of the molecule is CCN(CC(C)C(=O)OC)c1nc(C(F)(F)F)ccc1C#N. The molecule has 8 heteroatoms. The molecule has 1 heterocycles. The first-order chi connectivity index (χ1) is 10.2. The van der Waals surface area contributed by atoms with Gasteiger partial charge in [-0.05, 0) is 19.1 Å². The Kier molecular flexibility index (Phi) is 5.74. The maximum absolute atomic E-state index is 12.8. The van der Waals surface area contributed by atoms with Crippen LogP contribution in [-0.2, 0) is 15.7 Å². The average Bonchev–Trinajstić information content (AvgIpc) is 2.49. The highest BCUT2D eigenvalue weighted by molar-refractivity contribution is 5.72. The molecule has 0 fully saturated rings. The van der Waals surface area contributed by atoms with E-state index in [-0.39, 0.29) is 17.9 Å². The van der Waals surface area contributed by atoms with Crippen molar-refractivity contribution in [2.24, 2.45) is 5.92 Å². The van der Waals surface area contributed by atoms with Crippen molar-refractivity contribution < 1.29 is 22.7 Å². The summed E-state index contributed by atoms with van der Waals surface area (Å²) in [6.07, 6.45) is -4.60. The highest BCUT2D eigenvalue weighted by atomic mass is 19.4. The first-order valence-electron chi connectivity index (χ1n) is 6.55. The molecule has 0 spiro atoms. The summed E-state index contributed by atoms with van der Waals surface area (Å²) in [5.74, 6) is -1.13. The number of carbonyl (C=O) groups excluding carboxylic acids is 1. The highest BCUT2D eigenvalue weighted by Gasteiger charge is 2.33. The Morgan fingerprint density at radius 1 is 1.50 bits per heavy atom. The van der Waals surface area contributed by atoms with Gasteiger partial charge in [-0.3, -0.25) is 4.79 Å². The number of rotatable bonds is 5. The van der Waals surface area contributed by atoms with Gasteiger partial charge in [-0.1, -0.05) is 6.92 Å². The zero-order valence-corrected chi connectivity index (χ0v) is 12.4. The van der Waals surface area contributed by atoms with Gasteiger partial charge in [0.1, 0.15) is 17.6 Å². The molecule has 1 rings (SSSR count). The molecule has 1 aromatic heterocycles. The molecule has 5 nitrogen and oxygen atoms in total. The average molecular weight is 315 g/mol. The minimum atomic E-state index is -4.60. The molecule has 1 aromatic rings. The van der Waals surface area contributed by atoms with E-state index >= 15 is 0 Å². The fourth-order valence-corrected chi connectivity index (χ4v) is 1.91. The lowest BCUT2D eigenvalue weighted by Gasteiger charge is -2.26. The molecule has 0 saturated heterocycles. The number of hydrogen-bond acceptors (Lipinski definition) is 5. The Balaban J connectivity index is 3.20. The van der Waals surface area contributed by atoms with Crippen LogP contribution in [0.3, 0.4) is 0 Å². The molecule has 0 bridgehead atoms. The molecule has 0 aliphatic heterocycles. The molecule has 1 unspecified atom stereocenters. The molecular weight excluding hydrogens is 299 g/mol. The van der Waals surface area contributed by atoms with Gasteiger partial charge in [0.2, 0.25) is 0 Å². The first kappa shape index (κ1) is 17.8. The lowest BCUT2D eigenvalue weighted by Crippen LogP contribution is -2.33. The summed E-state index contributed by atoms with van der Waals surface area (Å²) in [6, 6.07) is 3.66. The van der Waals surface area contributed by atoms with Crippen molar-refractivity contribution in [1.82, 2.24) is 4.98 Å². The smallest absolute Gasteiger partial charge is 0.433 e. The minimum absolute atomic E-state index is 0.0203. The number of alkyl halides is 3. The zero-order valence-electron chi connectivity index (χ0n) is 12.4. The molecule has 0 radical (unpaired) electrons. The topological polar surface area (TPSA) is 66.2 Å². The van der Waals surface area contributed by atoms with E-state index in [9.17, 15) is 18.0 Å². The van der Waals surface area contributed by atoms with Gasteiger partial charge >= 0.3 is 12.1 Å². The second kappa shape index (κ2) is 7.11. The number of ether oxygens (including phenoxy) is 1. The van der Waals surface area contributed by atoms with E-state index in [0.717, 1.165) is 12.1 Å². The fourth-order valence-electron chi connectivity index (χ4n) is 1.91. The Morgan fingerprint density at radius 3 is 2.59 bits per heavy atom. The van der Waals surface area contributed by atoms with Crippen LogP contribution in [0.5, 0.6) is 0 Å². The number of nitriles is 1. The van der Waals surface area contributed by atoms with Crippen molar-refractivity contribution in [2.75, 3.05) is 25.1 Å². The van der Waals surface area contributed by atoms with Crippen LogP contribution in [0.1, 0.15) is 25.1 Å². The lowest BCUT2D eigenvalue weighted by molar-refractivity contribution is -0.144. The Hall–Kier alpha value is -2.30. The van der Waals surface area contributed by atoms with E-state index in [1.54, 1.807) is 13.8 Å². The third kappa shape index (κ3) is 4.10. The van der Waals surface area contributed by atoms with Crippen molar-refractivity contribution in [3.63, 3.8) is 0 Å². The van der Waals surface area contributed by atoms with Crippen LogP contribution < -0.4 is 4.90 Å². The number of halogens is 3. The quantitative estimate of drug-likeness (QED) is 0.781. The molecule has 0 aliphatic carbocycles. The second-order valence-electron chi connectivity index (χ2n) is 4.64. The molecule has 0 aliphatic rings. The lowest BCUT2D eigenvalue weighted by atomic mass is 10.1. The summed E-state index contributed by atoms with van der Waals surface area (Å²) in [5.41, 5.74) is -1.06. The highest BCUT2D eigenvalue weighted by Crippen LogP contribution is 2.30. The van der Waals surface area contributed by atoms with E-state index in [1.807, 2.05) is 6.07 Å². The summed E-state index contributed by atoms with van der Waals surface area (Å²) in [7, 11) is 1.23. The number of hydrogen-bond donors (Lipinski definition) is 0. The zero-order chi connectivity index (χ0) is 16.9. The molecule has 0 saturated carbocycles. The van der Waals surface area contributed by atoms with Crippen molar-refractivity contribution in [2.45, 2.75) is 20.0 Å². The molecule has 0 N–H and O–H groups in total. The molecular formula is C14H16F3N3O2. The summed E-state index contributed by atoms with van der Waals surface area (Å²) in [4.78, 5) is 16.5. The van der Waals surface area contributed by atoms with Crippen LogP contribution in [0.15, 0.2) is 12.1 Å². The largest absolute Gasteiger partial charge is 0.469 e. The summed E-state index contributed by atoms with van der Waals surface area (Å²) in [6.45, 7) is 3.69. The number of pyridine rings is 1. The van der Waals surface area contributed by atoms with E-state index in [4.69, 9.17) is 5.26 Å². The predicted octanol–water partition coefficient (Wildman–Crippen LogP) is 2.61. The van der Waals surface area contributed by atoms with E-state index in [0.29, 0.717) is 6.54 Å². The molecule has 120 valence electrons. The van der Waals surface area contributed by atoms with E-state index in [1.165, 1.54) is 12.0 Å². The fraction of sp³-hybridized carbons (Fsp3) is 0.500. The third-order valence-corrected chi connectivity index (χ3v) is 3.07. The van der Waals surface area contributed by atoms with Crippen LogP contribution in [0.25, 0.3) is 0 Å². The standard InChI is InChI=1S/C14H16F3N3O2/c1-4-20(8-9(2)13(21)22-3)12-10(7-18)5-6-11(19-12)14(15,16)17/h5-6,9H,4,8H2,1-3H3. The second-order valence-corrected chi connectivity index (χ2v) is 4.64. The maximum Gasteiger partial charge on any atom is 0.433 e. The summed E-state index contributed by atoms with van der Waals surface area (Å²) < 4.78 is 42.9. The Bertz CT molecular complexity index is 582. The Morgan fingerprint density at radius 2 is 2.14 bits per heavy atom. The number of nitrogens with zero attached hydrogens (tertiary/aromatic N) is 3. The van der Waals surface area contributed by atoms with Gasteiger partial charge < -0.3 is 9.64 Å². The monoisotopic (exact) mass is 315 g/mol. The number of methoxy groups -OCH3 is 1. The van der Waals surface area contributed by atoms with Crippen molar-refractivity contribution in [3.05, 3.63) is 23.4 Å². The van der Waals surface area contributed by atoms with Gasteiger partial charge in [-0.15, -0.1) is 0 Å². The van der Waals surface area contributed by atoms with Gasteiger partial charge in [0.05, 0.1) is 18.6 Å². The summed E-state index contributed by atoms with van der Waals surface area (Å²) >= 11 is 0. The summed E-state index contributed by atoms with van der Waals surface area (Å²) in [5, 5.41) is 9.06. The Labute approximate surface area is 126 Å². The number of carbonyl (C=O) groups is 1. The number of anilines is 1. The van der Waals surface area contributed by atoms with Gasteiger partial charge in [-0.2, -0.15) is 18.4 Å². The normalized spacial score (nSPS) is 12.4. The van der Waals surface area contributed by atoms with Crippen LogP contribution in [-0.4, -0.2) is 31.2 Å². The van der Waals surface area contributed by atoms with Crippen molar-refractivity contribution in [1.29, 1.82) is 5.26 Å².